The minimum atomic E-state index is -0.782. The molecule has 0 saturated carbocycles. The summed E-state index contributed by atoms with van der Waals surface area (Å²) in [6.45, 7) is 0.165. The first kappa shape index (κ1) is 16.0. The van der Waals surface area contributed by atoms with Crippen molar-refractivity contribution in [3.63, 3.8) is 0 Å². The van der Waals surface area contributed by atoms with E-state index in [1.54, 1.807) is 12.1 Å². The number of furan rings is 1. The number of aryl methyl sites for hydroxylation is 1. The van der Waals surface area contributed by atoms with Gasteiger partial charge >= 0.3 is 11.8 Å². The molecule has 0 fully saturated rings. The second-order valence-corrected chi connectivity index (χ2v) is 5.63. The average Bonchev–Trinajstić information content (AvgIpc) is 3.04. The van der Waals surface area contributed by atoms with Crippen molar-refractivity contribution in [3.05, 3.63) is 59.5 Å². The summed E-state index contributed by atoms with van der Waals surface area (Å²) in [4.78, 5) is 23.7. The lowest BCUT2D eigenvalue weighted by atomic mass is 10.0. The van der Waals surface area contributed by atoms with E-state index in [0.29, 0.717) is 5.76 Å². The minimum absolute atomic E-state index is 0.165. The Morgan fingerprint density at radius 3 is 2.71 bits per heavy atom. The predicted molar refractivity (Wildman–Crippen MR) is 89.2 cm³/mol. The molecule has 1 aliphatic carbocycles. The van der Waals surface area contributed by atoms with Gasteiger partial charge in [0.05, 0.1) is 18.5 Å². The number of nitrogens with one attached hydrogen (secondary N) is 2. The van der Waals surface area contributed by atoms with E-state index in [-0.39, 0.29) is 6.54 Å². The molecule has 1 heterocycles. The Balaban J connectivity index is 1.62. The summed E-state index contributed by atoms with van der Waals surface area (Å²) in [6, 6.07) is 11.5. The number of benzene rings is 1. The number of carbonyl (C=O) groups excluding carboxylic acids is 2. The van der Waals surface area contributed by atoms with Gasteiger partial charge in [0.15, 0.2) is 0 Å². The van der Waals surface area contributed by atoms with E-state index in [2.05, 4.69) is 21.9 Å². The fraction of sp³-hybridized carbons (Fsp3) is 0.278. The van der Waals surface area contributed by atoms with Gasteiger partial charge in [-0.2, -0.15) is 5.10 Å². The molecule has 0 bridgehead atoms. The van der Waals surface area contributed by atoms with E-state index in [0.717, 1.165) is 37.0 Å². The highest BCUT2D eigenvalue weighted by Crippen LogP contribution is 2.20. The lowest BCUT2D eigenvalue weighted by Gasteiger charge is -2.08. The zero-order chi connectivity index (χ0) is 16.8. The molecular weight excluding hydrogens is 306 g/mol. The van der Waals surface area contributed by atoms with Crippen LogP contribution in [-0.4, -0.2) is 17.5 Å². The van der Waals surface area contributed by atoms with Crippen molar-refractivity contribution in [2.45, 2.75) is 32.2 Å². The van der Waals surface area contributed by atoms with Crippen LogP contribution in [0.25, 0.3) is 0 Å². The summed E-state index contributed by atoms with van der Waals surface area (Å²) in [6.07, 6.45) is 5.40. The van der Waals surface area contributed by atoms with Gasteiger partial charge in [-0.3, -0.25) is 9.59 Å². The van der Waals surface area contributed by atoms with Gasteiger partial charge in [-0.05, 0) is 43.4 Å². The van der Waals surface area contributed by atoms with Gasteiger partial charge in [0, 0.05) is 5.56 Å². The average molecular weight is 325 g/mol. The van der Waals surface area contributed by atoms with Crippen LogP contribution in [0.4, 0.5) is 0 Å². The monoisotopic (exact) mass is 325 g/mol. The van der Waals surface area contributed by atoms with Gasteiger partial charge in [-0.15, -0.1) is 0 Å². The summed E-state index contributed by atoms with van der Waals surface area (Å²) in [5.41, 5.74) is 5.45. The van der Waals surface area contributed by atoms with Crippen molar-refractivity contribution in [2.24, 2.45) is 5.10 Å². The van der Waals surface area contributed by atoms with Crippen LogP contribution >= 0.6 is 0 Å². The van der Waals surface area contributed by atoms with Crippen LogP contribution in [0.15, 0.2) is 52.2 Å². The molecule has 3 rings (SSSR count). The van der Waals surface area contributed by atoms with E-state index in [1.807, 2.05) is 18.2 Å². The summed E-state index contributed by atoms with van der Waals surface area (Å²) in [5, 5.41) is 6.67. The highest BCUT2D eigenvalue weighted by atomic mass is 16.3. The van der Waals surface area contributed by atoms with Crippen molar-refractivity contribution < 1.29 is 14.0 Å². The molecule has 2 amide bonds. The summed E-state index contributed by atoms with van der Waals surface area (Å²) in [7, 11) is 0. The highest BCUT2D eigenvalue weighted by Gasteiger charge is 2.16. The first-order valence-electron chi connectivity index (χ1n) is 7.99. The topological polar surface area (TPSA) is 83.7 Å². The molecule has 1 aliphatic rings. The van der Waals surface area contributed by atoms with E-state index < -0.39 is 11.8 Å². The van der Waals surface area contributed by atoms with Crippen LogP contribution in [0.5, 0.6) is 0 Å². The van der Waals surface area contributed by atoms with Gasteiger partial charge in [-0.25, -0.2) is 5.43 Å². The molecular formula is C18H19N3O3. The number of fused-ring (bicyclic) bond motifs is 1. The number of hydrazone groups is 1. The molecule has 0 atom stereocenters. The highest BCUT2D eigenvalue weighted by molar-refractivity contribution is 6.35. The normalized spacial score (nSPS) is 15.4. The lowest BCUT2D eigenvalue weighted by Crippen LogP contribution is -2.37. The molecule has 2 aromatic rings. The lowest BCUT2D eigenvalue weighted by molar-refractivity contribution is -0.139. The second kappa shape index (κ2) is 7.59. The Labute approximate surface area is 139 Å². The van der Waals surface area contributed by atoms with E-state index in [1.165, 1.54) is 11.8 Å². The number of nitrogens with zero attached hydrogens (tertiary/aromatic N) is 1. The van der Waals surface area contributed by atoms with Crippen molar-refractivity contribution in [3.8, 4) is 0 Å². The Morgan fingerprint density at radius 1 is 1.04 bits per heavy atom. The number of hydrogen-bond acceptors (Lipinski definition) is 4. The van der Waals surface area contributed by atoms with Crippen molar-refractivity contribution in [1.82, 2.24) is 10.7 Å². The third kappa shape index (κ3) is 3.90. The molecule has 124 valence electrons. The Hall–Kier alpha value is -2.89. The largest absolute Gasteiger partial charge is 0.467 e. The number of amides is 2. The van der Waals surface area contributed by atoms with Gasteiger partial charge in [0.25, 0.3) is 0 Å². The van der Waals surface area contributed by atoms with Crippen LogP contribution in [0.2, 0.25) is 0 Å². The molecule has 24 heavy (non-hydrogen) atoms. The molecule has 0 spiro atoms. The fourth-order valence-electron chi connectivity index (χ4n) is 2.71. The molecule has 2 N–H and O–H groups in total. The summed E-state index contributed by atoms with van der Waals surface area (Å²) < 4.78 is 5.10. The maximum absolute atomic E-state index is 11.9. The quantitative estimate of drug-likeness (QED) is 0.515. The Kier molecular flexibility index (Phi) is 5.05. The molecule has 0 aliphatic heterocycles. The SMILES string of the molecule is O=C(NCc1ccco1)C(=O)N/N=C1/CCCCc2ccccc21. The van der Waals surface area contributed by atoms with Gasteiger partial charge < -0.3 is 9.73 Å². The van der Waals surface area contributed by atoms with Crippen LogP contribution in [0.1, 0.15) is 36.1 Å². The van der Waals surface area contributed by atoms with Gasteiger partial charge in [0.1, 0.15) is 5.76 Å². The van der Waals surface area contributed by atoms with Crippen LogP contribution in [0, 0.1) is 0 Å². The van der Waals surface area contributed by atoms with Crippen LogP contribution in [0.3, 0.4) is 0 Å². The molecule has 6 heteroatoms. The fourth-order valence-corrected chi connectivity index (χ4v) is 2.71. The molecule has 1 aromatic heterocycles. The molecule has 0 radical (unpaired) electrons. The Morgan fingerprint density at radius 2 is 1.88 bits per heavy atom. The molecule has 0 saturated heterocycles. The first-order valence-corrected chi connectivity index (χ1v) is 7.99. The molecule has 0 unspecified atom stereocenters. The van der Waals surface area contributed by atoms with Crippen molar-refractivity contribution in [2.75, 3.05) is 0 Å². The summed E-state index contributed by atoms with van der Waals surface area (Å²) in [5.74, 6) is -0.936. The molecule has 1 aromatic carbocycles. The van der Waals surface area contributed by atoms with E-state index in [4.69, 9.17) is 4.42 Å². The van der Waals surface area contributed by atoms with E-state index in [9.17, 15) is 9.59 Å². The van der Waals surface area contributed by atoms with E-state index >= 15 is 0 Å². The van der Waals surface area contributed by atoms with Crippen molar-refractivity contribution >= 4 is 17.5 Å². The van der Waals surface area contributed by atoms with Crippen LogP contribution in [-0.2, 0) is 22.6 Å². The third-order valence-corrected chi connectivity index (χ3v) is 3.94. The first-order chi connectivity index (χ1) is 11.7. The zero-order valence-corrected chi connectivity index (χ0v) is 13.2. The molecule has 6 nitrogen and oxygen atoms in total. The number of rotatable bonds is 3. The smallest absolute Gasteiger partial charge is 0.329 e. The minimum Gasteiger partial charge on any atom is -0.467 e. The summed E-state index contributed by atoms with van der Waals surface area (Å²) >= 11 is 0. The number of hydrogen-bond donors (Lipinski definition) is 2. The van der Waals surface area contributed by atoms with Crippen LogP contribution < -0.4 is 10.7 Å². The zero-order valence-electron chi connectivity index (χ0n) is 13.2. The standard InChI is InChI=1S/C18H19N3O3/c22-17(19-12-14-8-5-11-24-14)18(23)21-20-16-10-4-2-7-13-6-1-3-9-15(13)16/h1,3,5-6,8-9,11H,2,4,7,10,12H2,(H,19,22)(H,21,23)/b20-16-. The Bertz CT molecular complexity index is 751. The second-order valence-electron chi connectivity index (χ2n) is 5.63. The maximum Gasteiger partial charge on any atom is 0.329 e. The number of carbonyl (C=O) groups is 2. The maximum atomic E-state index is 11.9. The third-order valence-electron chi connectivity index (χ3n) is 3.94. The van der Waals surface area contributed by atoms with Crippen molar-refractivity contribution in [1.29, 1.82) is 0 Å². The van der Waals surface area contributed by atoms with Gasteiger partial charge in [-0.1, -0.05) is 24.3 Å². The van der Waals surface area contributed by atoms with Gasteiger partial charge in [0.2, 0.25) is 0 Å². The predicted octanol–water partition coefficient (Wildman–Crippen LogP) is 2.14.